The smallest absolute Gasteiger partial charge is 0.305 e. The summed E-state index contributed by atoms with van der Waals surface area (Å²) < 4.78 is 16.0. The number of methoxy groups -OCH3 is 1. The highest BCUT2D eigenvalue weighted by atomic mass is 16.6. The van der Waals surface area contributed by atoms with Gasteiger partial charge < -0.3 is 29.1 Å². The van der Waals surface area contributed by atoms with Gasteiger partial charge in [0, 0.05) is 33.0 Å². The fourth-order valence-corrected chi connectivity index (χ4v) is 8.29. The number of aliphatic hydroxyl groups is 1. The van der Waals surface area contributed by atoms with Gasteiger partial charge in [-0.05, 0) is 64.7 Å². The van der Waals surface area contributed by atoms with Crippen molar-refractivity contribution in [1.29, 1.82) is 0 Å². The van der Waals surface area contributed by atoms with Crippen LogP contribution in [0.15, 0.2) is 0 Å². The van der Waals surface area contributed by atoms with Crippen molar-refractivity contribution < 1.29 is 28.9 Å². The van der Waals surface area contributed by atoms with Crippen molar-refractivity contribution in [3.05, 3.63) is 0 Å². The minimum absolute atomic E-state index is 0.152. The van der Waals surface area contributed by atoms with Crippen LogP contribution in [0.25, 0.3) is 0 Å². The fraction of sp³-hybridized carbons (Fsp3) is 0.962. The summed E-state index contributed by atoms with van der Waals surface area (Å²) in [5.41, 5.74) is 0. The number of carbonyl (C=O) groups is 2. The van der Waals surface area contributed by atoms with Gasteiger partial charge >= 0.3 is 11.9 Å². The maximum absolute atomic E-state index is 12.1. The van der Waals surface area contributed by atoms with Crippen LogP contribution >= 0.6 is 0 Å². The van der Waals surface area contributed by atoms with Crippen molar-refractivity contribution >= 4 is 11.9 Å². The van der Waals surface area contributed by atoms with Crippen molar-refractivity contribution in [2.75, 3.05) is 72.8 Å². The molecule has 8 nitrogen and oxygen atoms in total. The summed E-state index contributed by atoms with van der Waals surface area (Å²) in [5, 5.41) is 9.48. The highest BCUT2D eigenvalue weighted by Crippen LogP contribution is 2.15. The predicted octanol–water partition coefficient (Wildman–Crippen LogP) is 13.8. The lowest BCUT2D eigenvalue weighted by Crippen LogP contribution is -2.29. The molecule has 0 heterocycles. The number of ether oxygens (including phenoxy) is 3. The molecule has 0 atom stereocenters. The van der Waals surface area contributed by atoms with E-state index in [0.717, 1.165) is 64.9 Å². The summed E-state index contributed by atoms with van der Waals surface area (Å²) in [7, 11) is 1.80. The number of unbranched alkanes of at least 4 members (excludes halogenated alkanes) is 31. The van der Waals surface area contributed by atoms with Gasteiger partial charge in [0.05, 0.1) is 13.2 Å². The summed E-state index contributed by atoms with van der Waals surface area (Å²) in [5.74, 6) is -0.375. The van der Waals surface area contributed by atoms with Crippen LogP contribution in [0.5, 0.6) is 0 Å². The maximum Gasteiger partial charge on any atom is 0.305 e. The van der Waals surface area contributed by atoms with Crippen molar-refractivity contribution in [2.24, 2.45) is 0 Å². The van der Waals surface area contributed by atoms with Gasteiger partial charge in [0.2, 0.25) is 0 Å². The molecule has 0 aliphatic heterocycles. The quantitative estimate of drug-likeness (QED) is 0.0478. The van der Waals surface area contributed by atoms with Crippen molar-refractivity contribution in [3.8, 4) is 0 Å². The highest BCUT2D eigenvalue weighted by molar-refractivity contribution is 5.70. The Morgan fingerprint density at radius 2 is 0.617 bits per heavy atom. The maximum atomic E-state index is 12.1. The molecule has 0 aromatic rings. The lowest BCUT2D eigenvalue weighted by atomic mass is 10.1. The number of hydrogen-bond acceptors (Lipinski definition) is 8. The molecule has 0 radical (unpaired) electrons. The molecule has 0 unspecified atom stereocenters. The minimum atomic E-state index is -0.190. The number of carbonyl (C=O) groups excluding carboxylic acids is 2. The van der Waals surface area contributed by atoms with Crippen LogP contribution < -0.4 is 0 Å². The summed E-state index contributed by atoms with van der Waals surface area (Å²) >= 11 is 0. The van der Waals surface area contributed by atoms with Crippen LogP contribution in [0.3, 0.4) is 0 Å². The van der Waals surface area contributed by atoms with Crippen molar-refractivity contribution in [3.63, 3.8) is 0 Å². The Labute approximate surface area is 373 Å². The molecular formula is C52H104N2O6. The first-order valence-electron chi connectivity index (χ1n) is 26.4. The van der Waals surface area contributed by atoms with E-state index in [0.29, 0.717) is 12.8 Å². The van der Waals surface area contributed by atoms with E-state index >= 15 is 0 Å². The van der Waals surface area contributed by atoms with Gasteiger partial charge in [-0.3, -0.25) is 9.59 Å². The van der Waals surface area contributed by atoms with Crippen LogP contribution in [-0.2, 0) is 23.8 Å². The molecule has 1 N–H and O–H groups in total. The molecule has 0 bridgehead atoms. The zero-order valence-electron chi connectivity index (χ0n) is 40.6. The lowest BCUT2D eigenvalue weighted by molar-refractivity contribution is -0.152. The molecule has 8 heteroatoms. The number of esters is 2. The fourth-order valence-electron chi connectivity index (χ4n) is 8.29. The topological polar surface area (TPSA) is 88.5 Å². The molecule has 358 valence electrons. The van der Waals surface area contributed by atoms with Gasteiger partial charge in [-0.1, -0.05) is 200 Å². The molecule has 0 aromatic heterocycles. The number of aliphatic hydroxyl groups excluding tert-OH is 1. The van der Waals surface area contributed by atoms with E-state index < -0.39 is 0 Å². The first kappa shape index (κ1) is 58.8. The van der Waals surface area contributed by atoms with Crippen molar-refractivity contribution in [2.45, 2.75) is 251 Å². The Hall–Kier alpha value is -1.22. The van der Waals surface area contributed by atoms with E-state index in [9.17, 15) is 14.7 Å². The largest absolute Gasteiger partial charge is 0.462 e. The van der Waals surface area contributed by atoms with E-state index in [4.69, 9.17) is 14.2 Å². The Morgan fingerprint density at radius 1 is 0.350 bits per heavy atom. The lowest BCUT2D eigenvalue weighted by Gasteiger charge is -2.22. The first-order chi connectivity index (χ1) is 29.6. The molecule has 0 amide bonds. The average molecular weight is 853 g/mol. The summed E-state index contributed by atoms with van der Waals surface area (Å²) in [6.07, 6.45) is 45.8. The summed E-state index contributed by atoms with van der Waals surface area (Å²) in [6, 6.07) is 0. The third-order valence-corrected chi connectivity index (χ3v) is 12.3. The molecule has 0 aromatic carbocycles. The van der Waals surface area contributed by atoms with E-state index in [2.05, 4.69) is 23.6 Å². The van der Waals surface area contributed by atoms with Gasteiger partial charge in [-0.25, -0.2) is 0 Å². The zero-order chi connectivity index (χ0) is 43.7. The van der Waals surface area contributed by atoms with Crippen LogP contribution in [0.1, 0.15) is 251 Å². The minimum Gasteiger partial charge on any atom is -0.462 e. The Kier molecular flexibility index (Phi) is 49.4. The average Bonchev–Trinajstić information content (AvgIpc) is 3.25. The summed E-state index contributed by atoms with van der Waals surface area (Å²) in [4.78, 5) is 29.3. The molecule has 0 fully saturated rings. The van der Waals surface area contributed by atoms with Crippen LogP contribution in [0.2, 0.25) is 0 Å². The standard InChI is InChI=1S/C52H104N2O6/c1-4-6-8-10-12-14-16-18-24-31-37-43-54(46-48-58-3)44-38-32-26-20-22-28-34-40-52(57)60-50-49-59-51(56)39-33-27-21-19-25-30-36-42-53(45-47-55)41-35-29-23-17-15-13-11-9-7-5-2/h55H,4-50H2,1-3H3. The highest BCUT2D eigenvalue weighted by Gasteiger charge is 2.08. The van der Waals surface area contributed by atoms with Crippen LogP contribution in [-0.4, -0.2) is 99.7 Å². The predicted molar refractivity (Wildman–Crippen MR) is 256 cm³/mol. The SMILES string of the molecule is CCCCCCCCCCCCCN(CCCCCCCCCC(=O)OCCOC(=O)CCCCCCCCCN(CCO)CCCCCCCCCCCC)CCOC. The van der Waals surface area contributed by atoms with Gasteiger partial charge in [0.1, 0.15) is 13.2 Å². The van der Waals surface area contributed by atoms with E-state index in [1.165, 1.54) is 206 Å². The number of nitrogens with zero attached hydrogens (tertiary/aromatic N) is 2. The third-order valence-electron chi connectivity index (χ3n) is 12.3. The van der Waals surface area contributed by atoms with Gasteiger partial charge in [0.15, 0.2) is 0 Å². The Balaban J connectivity index is 3.61. The van der Waals surface area contributed by atoms with E-state index in [1.54, 1.807) is 7.11 Å². The summed E-state index contributed by atoms with van der Waals surface area (Å²) in [6.45, 7) is 12.4. The zero-order valence-corrected chi connectivity index (χ0v) is 40.6. The third kappa shape index (κ3) is 46.3. The molecule has 0 rings (SSSR count). The molecule has 60 heavy (non-hydrogen) atoms. The number of hydrogen-bond donors (Lipinski definition) is 1. The molecule has 0 saturated carbocycles. The van der Waals surface area contributed by atoms with E-state index in [-0.39, 0.29) is 31.8 Å². The van der Waals surface area contributed by atoms with Crippen LogP contribution in [0.4, 0.5) is 0 Å². The Morgan fingerprint density at radius 3 is 0.900 bits per heavy atom. The Bertz CT molecular complexity index is 860. The normalized spacial score (nSPS) is 11.6. The molecular weight excluding hydrogens is 749 g/mol. The molecule has 0 spiro atoms. The number of rotatable bonds is 51. The second-order valence-electron chi connectivity index (χ2n) is 18.0. The first-order valence-corrected chi connectivity index (χ1v) is 26.4. The monoisotopic (exact) mass is 853 g/mol. The second-order valence-corrected chi connectivity index (χ2v) is 18.0. The van der Waals surface area contributed by atoms with Gasteiger partial charge in [-0.2, -0.15) is 0 Å². The van der Waals surface area contributed by atoms with Crippen molar-refractivity contribution in [1.82, 2.24) is 9.80 Å². The van der Waals surface area contributed by atoms with Crippen LogP contribution in [0, 0.1) is 0 Å². The molecule has 0 saturated heterocycles. The molecule has 0 aliphatic carbocycles. The van der Waals surface area contributed by atoms with Gasteiger partial charge in [0.25, 0.3) is 0 Å². The van der Waals surface area contributed by atoms with Gasteiger partial charge in [-0.15, -0.1) is 0 Å². The van der Waals surface area contributed by atoms with E-state index in [1.807, 2.05) is 0 Å². The molecule has 0 aliphatic rings. The second kappa shape index (κ2) is 50.4.